The Morgan fingerprint density at radius 3 is 2.68 bits per heavy atom. The van der Waals surface area contributed by atoms with Crippen LogP contribution in [0.15, 0.2) is 23.1 Å². The standard InChI is InChI=1S/C25H39N5O3S/c1-6-33-24(31)26-12-9-13-32-17-19-14-20(34-5)15-22(27-19)28-23-16-21(18-10-7-8-11-18)29-30(23)25(2,3)4/h14-16,18H,6-13,17H2,1-5H3,(H,26,31)(H,27,28). The predicted octanol–water partition coefficient (Wildman–Crippen LogP) is 5.81. The highest BCUT2D eigenvalue weighted by molar-refractivity contribution is 7.98. The van der Waals surface area contributed by atoms with Gasteiger partial charge in [-0.3, -0.25) is 0 Å². The van der Waals surface area contributed by atoms with E-state index in [0.29, 0.717) is 38.7 Å². The van der Waals surface area contributed by atoms with Crippen molar-refractivity contribution in [3.63, 3.8) is 0 Å². The number of anilines is 2. The highest BCUT2D eigenvalue weighted by Gasteiger charge is 2.25. The second-order valence-electron chi connectivity index (χ2n) is 9.58. The van der Waals surface area contributed by atoms with Crippen LogP contribution in [0.3, 0.4) is 0 Å². The molecule has 0 aliphatic heterocycles. The molecule has 0 saturated heterocycles. The number of aromatic nitrogens is 3. The molecule has 8 nitrogen and oxygen atoms in total. The molecule has 1 amide bonds. The number of rotatable bonds is 11. The molecule has 188 valence electrons. The highest BCUT2D eigenvalue weighted by Crippen LogP contribution is 2.36. The van der Waals surface area contributed by atoms with E-state index in [9.17, 15) is 4.79 Å². The monoisotopic (exact) mass is 489 g/mol. The van der Waals surface area contributed by atoms with E-state index in [2.05, 4.69) is 60.5 Å². The van der Waals surface area contributed by atoms with Crippen LogP contribution in [0.5, 0.6) is 0 Å². The third-order valence-electron chi connectivity index (χ3n) is 5.74. The fourth-order valence-corrected chi connectivity index (χ4v) is 4.57. The minimum absolute atomic E-state index is 0.139. The molecular weight excluding hydrogens is 450 g/mol. The van der Waals surface area contributed by atoms with Crippen molar-refractivity contribution >= 4 is 29.5 Å². The van der Waals surface area contributed by atoms with Gasteiger partial charge in [-0.25, -0.2) is 14.5 Å². The molecule has 2 heterocycles. The first-order valence-electron chi connectivity index (χ1n) is 12.2. The summed E-state index contributed by atoms with van der Waals surface area (Å²) in [6.45, 7) is 10.1. The van der Waals surface area contributed by atoms with E-state index < -0.39 is 6.09 Å². The van der Waals surface area contributed by atoms with E-state index >= 15 is 0 Å². The van der Waals surface area contributed by atoms with Crippen LogP contribution in [0, 0.1) is 0 Å². The van der Waals surface area contributed by atoms with Gasteiger partial charge in [-0.2, -0.15) is 5.10 Å². The Hall–Kier alpha value is -2.26. The van der Waals surface area contributed by atoms with Gasteiger partial charge in [0.1, 0.15) is 11.6 Å². The Labute approximate surface area is 207 Å². The van der Waals surface area contributed by atoms with Crippen molar-refractivity contribution in [2.75, 3.05) is 31.3 Å². The van der Waals surface area contributed by atoms with Gasteiger partial charge in [-0.15, -0.1) is 11.8 Å². The molecule has 0 unspecified atom stereocenters. The van der Waals surface area contributed by atoms with Crippen LogP contribution in [0.2, 0.25) is 0 Å². The second kappa shape index (κ2) is 12.4. The summed E-state index contributed by atoms with van der Waals surface area (Å²) in [5.41, 5.74) is 1.90. The molecule has 2 aromatic rings. The Balaban J connectivity index is 1.65. The minimum Gasteiger partial charge on any atom is -0.450 e. The summed E-state index contributed by atoms with van der Waals surface area (Å²) in [7, 11) is 0. The molecule has 0 radical (unpaired) electrons. The number of hydrogen-bond donors (Lipinski definition) is 2. The lowest BCUT2D eigenvalue weighted by atomic mass is 10.0. The smallest absolute Gasteiger partial charge is 0.407 e. The molecule has 1 aliphatic rings. The van der Waals surface area contributed by atoms with Gasteiger partial charge in [0.25, 0.3) is 0 Å². The average molecular weight is 490 g/mol. The third kappa shape index (κ3) is 7.63. The lowest BCUT2D eigenvalue weighted by Gasteiger charge is -2.23. The number of carbonyl (C=O) groups is 1. The van der Waals surface area contributed by atoms with Crippen molar-refractivity contribution in [1.29, 1.82) is 0 Å². The highest BCUT2D eigenvalue weighted by atomic mass is 32.2. The number of ether oxygens (including phenoxy) is 2. The number of nitrogens with zero attached hydrogens (tertiary/aromatic N) is 3. The fraction of sp³-hybridized carbons (Fsp3) is 0.640. The zero-order valence-corrected chi connectivity index (χ0v) is 22.0. The second-order valence-corrected chi connectivity index (χ2v) is 10.5. The lowest BCUT2D eigenvalue weighted by molar-refractivity contribution is 0.114. The van der Waals surface area contributed by atoms with Crippen LogP contribution in [-0.4, -0.2) is 46.9 Å². The maximum absolute atomic E-state index is 11.3. The predicted molar refractivity (Wildman–Crippen MR) is 137 cm³/mol. The van der Waals surface area contributed by atoms with Crippen LogP contribution in [0.1, 0.15) is 77.1 Å². The molecule has 1 fully saturated rings. The van der Waals surface area contributed by atoms with E-state index in [1.165, 1.54) is 31.4 Å². The SMILES string of the molecule is CCOC(=O)NCCCOCc1cc(SC)cc(Nc2cc(C3CCCC3)nn2C(C)(C)C)n1. The quantitative estimate of drug-likeness (QED) is 0.304. The molecule has 1 aliphatic carbocycles. The summed E-state index contributed by atoms with van der Waals surface area (Å²) in [4.78, 5) is 17.2. The van der Waals surface area contributed by atoms with Crippen molar-refractivity contribution in [1.82, 2.24) is 20.1 Å². The van der Waals surface area contributed by atoms with Crippen LogP contribution in [0.25, 0.3) is 0 Å². The Bertz CT molecular complexity index is 935. The van der Waals surface area contributed by atoms with E-state index in [1.54, 1.807) is 18.7 Å². The minimum atomic E-state index is -0.391. The molecule has 2 N–H and O–H groups in total. The van der Waals surface area contributed by atoms with Crippen LogP contribution in [0.4, 0.5) is 16.4 Å². The third-order valence-corrected chi connectivity index (χ3v) is 6.45. The van der Waals surface area contributed by atoms with Crippen LogP contribution < -0.4 is 10.6 Å². The van der Waals surface area contributed by atoms with Gasteiger partial charge in [0.2, 0.25) is 0 Å². The van der Waals surface area contributed by atoms with E-state index in [-0.39, 0.29) is 5.54 Å². The lowest BCUT2D eigenvalue weighted by Crippen LogP contribution is -2.26. The summed E-state index contributed by atoms with van der Waals surface area (Å²) in [5, 5.41) is 11.2. The summed E-state index contributed by atoms with van der Waals surface area (Å²) in [6, 6.07) is 6.31. The van der Waals surface area contributed by atoms with Gasteiger partial charge in [-0.1, -0.05) is 12.8 Å². The van der Waals surface area contributed by atoms with Crippen molar-refractivity contribution in [2.24, 2.45) is 0 Å². The fourth-order valence-electron chi connectivity index (χ4n) is 4.09. The van der Waals surface area contributed by atoms with Gasteiger partial charge in [0.15, 0.2) is 0 Å². The van der Waals surface area contributed by atoms with Gasteiger partial charge in [0, 0.05) is 30.0 Å². The molecule has 9 heteroatoms. The first kappa shape index (κ1) is 26.3. The topological polar surface area (TPSA) is 90.3 Å². The molecule has 34 heavy (non-hydrogen) atoms. The number of thioether (sulfide) groups is 1. The zero-order valence-electron chi connectivity index (χ0n) is 21.1. The molecule has 0 spiro atoms. The van der Waals surface area contributed by atoms with Crippen LogP contribution >= 0.6 is 11.8 Å². The summed E-state index contributed by atoms with van der Waals surface area (Å²) >= 11 is 1.68. The van der Waals surface area contributed by atoms with Gasteiger partial charge in [-0.05, 0) is 65.3 Å². The number of alkyl carbamates (subject to hydrolysis) is 1. The molecule has 2 aromatic heterocycles. The molecule has 0 aromatic carbocycles. The maximum atomic E-state index is 11.3. The number of carbonyl (C=O) groups excluding carboxylic acids is 1. The normalized spacial score (nSPS) is 14.4. The number of pyridine rings is 1. The van der Waals surface area contributed by atoms with E-state index in [1.807, 2.05) is 0 Å². The first-order valence-corrected chi connectivity index (χ1v) is 13.4. The van der Waals surface area contributed by atoms with Crippen molar-refractivity contribution in [3.05, 3.63) is 29.6 Å². The maximum Gasteiger partial charge on any atom is 0.407 e. The average Bonchev–Trinajstić information content (AvgIpc) is 3.46. The summed E-state index contributed by atoms with van der Waals surface area (Å²) < 4.78 is 12.7. The Kier molecular flexibility index (Phi) is 9.64. The summed E-state index contributed by atoms with van der Waals surface area (Å²) in [5.74, 6) is 2.31. The Morgan fingerprint density at radius 2 is 2.00 bits per heavy atom. The van der Waals surface area contributed by atoms with Crippen molar-refractivity contribution in [2.45, 2.75) is 82.8 Å². The van der Waals surface area contributed by atoms with Crippen molar-refractivity contribution in [3.8, 4) is 0 Å². The van der Waals surface area contributed by atoms with E-state index in [4.69, 9.17) is 19.6 Å². The molecular formula is C25H39N5O3S. The van der Waals surface area contributed by atoms with E-state index in [0.717, 1.165) is 22.2 Å². The first-order chi connectivity index (χ1) is 16.3. The van der Waals surface area contributed by atoms with Gasteiger partial charge < -0.3 is 20.1 Å². The molecule has 3 rings (SSSR count). The van der Waals surface area contributed by atoms with Gasteiger partial charge in [0.05, 0.1) is 30.1 Å². The van der Waals surface area contributed by atoms with Gasteiger partial charge >= 0.3 is 6.09 Å². The van der Waals surface area contributed by atoms with Crippen molar-refractivity contribution < 1.29 is 14.3 Å². The molecule has 1 saturated carbocycles. The number of amides is 1. The number of hydrogen-bond acceptors (Lipinski definition) is 7. The van der Waals surface area contributed by atoms with Crippen LogP contribution in [-0.2, 0) is 21.6 Å². The number of nitrogens with one attached hydrogen (secondary N) is 2. The largest absolute Gasteiger partial charge is 0.450 e. The molecule has 0 bridgehead atoms. The Morgan fingerprint density at radius 1 is 1.24 bits per heavy atom. The summed E-state index contributed by atoms with van der Waals surface area (Å²) in [6.07, 6.45) is 7.39. The molecule has 0 atom stereocenters. The zero-order chi connectivity index (χ0) is 24.6.